The molecule has 210 valence electrons. The summed E-state index contributed by atoms with van der Waals surface area (Å²) in [5.41, 5.74) is 2.50. The van der Waals surface area contributed by atoms with Crippen molar-refractivity contribution < 1.29 is 19.4 Å². The number of nitro benzene ring substituents is 2. The van der Waals surface area contributed by atoms with Crippen LogP contribution in [0.15, 0.2) is 36.4 Å². The lowest BCUT2D eigenvalue weighted by atomic mass is 10.0. The Morgan fingerprint density at radius 3 is 1.56 bits per heavy atom. The zero-order valence-electron chi connectivity index (χ0n) is 21.1. The van der Waals surface area contributed by atoms with Gasteiger partial charge in [0, 0.05) is 86.9 Å². The Morgan fingerprint density at radius 1 is 0.846 bits per heavy atom. The number of halogens is 3. The normalized spacial score (nSPS) is 17.5. The van der Waals surface area contributed by atoms with Gasteiger partial charge in [-0.05, 0) is 30.3 Å². The zero-order chi connectivity index (χ0) is 27.6. The SMILES string of the molecule is CN(CCC(=O)N1CC(CCl)c2ccc([N+](=O)[O-])cc21)CCC(=O)N1CC(CCl)c2ccc([N+](=O)[O-])cc21.Cl. The Hall–Kier alpha value is -2.99. The van der Waals surface area contributed by atoms with Crippen molar-refractivity contribution in [2.24, 2.45) is 0 Å². The molecule has 0 radical (unpaired) electrons. The monoisotopic (exact) mass is 599 g/mol. The molecule has 39 heavy (non-hydrogen) atoms. The van der Waals surface area contributed by atoms with Gasteiger partial charge in [-0.3, -0.25) is 29.8 Å². The van der Waals surface area contributed by atoms with E-state index in [1.54, 1.807) is 29.0 Å². The molecule has 14 heteroatoms. The smallest absolute Gasteiger partial charge is 0.271 e. The summed E-state index contributed by atoms with van der Waals surface area (Å²) in [6.07, 6.45) is 0.323. The van der Waals surface area contributed by atoms with Crippen LogP contribution in [0.1, 0.15) is 35.8 Å². The fourth-order valence-corrected chi connectivity index (χ4v) is 5.50. The maximum absolute atomic E-state index is 13.0. The number of amides is 2. The second-order valence-electron chi connectivity index (χ2n) is 9.51. The van der Waals surface area contributed by atoms with E-state index in [9.17, 15) is 29.8 Å². The molecule has 4 rings (SSSR count). The number of alkyl halides is 2. The fourth-order valence-electron chi connectivity index (χ4n) is 4.97. The topological polar surface area (TPSA) is 130 Å². The number of nitrogens with zero attached hydrogens (tertiary/aromatic N) is 5. The molecule has 0 fully saturated rings. The van der Waals surface area contributed by atoms with Crippen LogP contribution >= 0.6 is 35.6 Å². The second kappa shape index (κ2) is 12.9. The molecule has 2 atom stereocenters. The van der Waals surface area contributed by atoms with E-state index < -0.39 is 9.85 Å². The number of nitro groups is 2. The number of hydrogen-bond donors (Lipinski definition) is 0. The molecule has 0 N–H and O–H groups in total. The average molecular weight is 601 g/mol. The summed E-state index contributed by atoms with van der Waals surface area (Å²) in [4.78, 5) is 52.5. The third kappa shape index (κ3) is 6.43. The van der Waals surface area contributed by atoms with Crippen molar-refractivity contribution in [2.75, 3.05) is 54.8 Å². The van der Waals surface area contributed by atoms with E-state index in [0.717, 1.165) is 11.1 Å². The van der Waals surface area contributed by atoms with Crippen molar-refractivity contribution in [1.82, 2.24) is 4.90 Å². The lowest BCUT2D eigenvalue weighted by molar-refractivity contribution is -0.385. The molecule has 0 saturated carbocycles. The third-order valence-electron chi connectivity index (χ3n) is 7.11. The lowest BCUT2D eigenvalue weighted by Crippen LogP contribution is -2.35. The Labute approximate surface area is 241 Å². The molecule has 2 aromatic rings. The molecule has 2 aromatic carbocycles. The summed E-state index contributed by atoms with van der Waals surface area (Å²) in [6, 6.07) is 8.98. The number of benzene rings is 2. The van der Waals surface area contributed by atoms with E-state index in [-0.39, 0.29) is 60.3 Å². The first-order valence-electron chi connectivity index (χ1n) is 12.1. The van der Waals surface area contributed by atoms with Crippen LogP contribution in [0.2, 0.25) is 0 Å². The molecular weight excluding hydrogens is 573 g/mol. The summed E-state index contributed by atoms with van der Waals surface area (Å²) < 4.78 is 0. The van der Waals surface area contributed by atoms with Crippen molar-refractivity contribution in [3.63, 3.8) is 0 Å². The number of rotatable bonds is 10. The van der Waals surface area contributed by atoms with Crippen LogP contribution in [0.4, 0.5) is 22.7 Å². The highest BCUT2D eigenvalue weighted by Gasteiger charge is 2.34. The van der Waals surface area contributed by atoms with Crippen LogP contribution in [0.5, 0.6) is 0 Å². The minimum absolute atomic E-state index is 0. The highest BCUT2D eigenvalue weighted by atomic mass is 35.5. The number of hydrogen-bond acceptors (Lipinski definition) is 7. The van der Waals surface area contributed by atoms with Crippen LogP contribution in [-0.2, 0) is 9.59 Å². The lowest BCUT2D eigenvalue weighted by Gasteiger charge is -2.22. The standard InChI is InChI=1S/C25H27Cl2N5O6.ClH/c1-28(8-6-24(33)29-14-16(12-26)20-4-2-18(31(35)36)10-22(20)29)9-7-25(34)30-15-17(13-27)21-5-3-19(32(37)38)11-23(21)30;/h2-5,10-11,16-17H,6-9,12-15H2,1H3;1H. The average Bonchev–Trinajstić information content (AvgIpc) is 3.47. The van der Waals surface area contributed by atoms with Gasteiger partial charge in [0.1, 0.15) is 0 Å². The van der Waals surface area contributed by atoms with Crippen LogP contribution < -0.4 is 9.80 Å². The minimum atomic E-state index is -0.492. The van der Waals surface area contributed by atoms with Crippen LogP contribution in [0, 0.1) is 20.2 Å². The summed E-state index contributed by atoms with van der Waals surface area (Å²) in [6.45, 7) is 1.49. The van der Waals surface area contributed by atoms with E-state index in [4.69, 9.17) is 23.2 Å². The zero-order valence-corrected chi connectivity index (χ0v) is 23.5. The van der Waals surface area contributed by atoms with Crippen LogP contribution in [-0.4, -0.2) is 71.5 Å². The van der Waals surface area contributed by atoms with Gasteiger partial charge < -0.3 is 14.7 Å². The maximum Gasteiger partial charge on any atom is 0.271 e. The molecule has 0 aliphatic carbocycles. The predicted molar refractivity (Wildman–Crippen MR) is 152 cm³/mol. The van der Waals surface area contributed by atoms with Crippen molar-refractivity contribution in [1.29, 1.82) is 0 Å². The molecule has 2 heterocycles. The highest BCUT2D eigenvalue weighted by molar-refractivity contribution is 6.19. The van der Waals surface area contributed by atoms with Crippen molar-refractivity contribution in [2.45, 2.75) is 24.7 Å². The van der Waals surface area contributed by atoms with E-state index in [0.29, 0.717) is 49.3 Å². The van der Waals surface area contributed by atoms with Crippen molar-refractivity contribution >= 4 is 70.2 Å². The van der Waals surface area contributed by atoms with Crippen molar-refractivity contribution in [3.8, 4) is 0 Å². The highest BCUT2D eigenvalue weighted by Crippen LogP contribution is 2.40. The first-order chi connectivity index (χ1) is 18.1. The van der Waals surface area contributed by atoms with Gasteiger partial charge in [0.05, 0.1) is 21.2 Å². The molecule has 2 amide bonds. The quantitative estimate of drug-likeness (QED) is 0.220. The van der Waals surface area contributed by atoms with E-state index in [2.05, 4.69) is 0 Å². The Kier molecular flexibility index (Phi) is 10.1. The molecule has 0 spiro atoms. The van der Waals surface area contributed by atoms with Gasteiger partial charge in [0.15, 0.2) is 0 Å². The summed E-state index contributed by atoms with van der Waals surface area (Å²) >= 11 is 12.2. The van der Waals surface area contributed by atoms with E-state index in [1.165, 1.54) is 24.3 Å². The summed E-state index contributed by atoms with van der Waals surface area (Å²) in [5.74, 6) is 0.0468. The first-order valence-corrected chi connectivity index (χ1v) is 13.2. The van der Waals surface area contributed by atoms with Crippen LogP contribution in [0.25, 0.3) is 0 Å². The Morgan fingerprint density at radius 2 is 1.23 bits per heavy atom. The second-order valence-corrected chi connectivity index (χ2v) is 10.1. The van der Waals surface area contributed by atoms with Gasteiger partial charge in [-0.1, -0.05) is 0 Å². The molecule has 2 unspecified atom stereocenters. The van der Waals surface area contributed by atoms with E-state index in [1.807, 2.05) is 4.90 Å². The Bertz CT molecular complexity index is 1180. The van der Waals surface area contributed by atoms with E-state index >= 15 is 0 Å². The first kappa shape index (κ1) is 30.6. The predicted octanol–water partition coefficient (Wildman–Crippen LogP) is 4.68. The molecule has 0 saturated heterocycles. The van der Waals surface area contributed by atoms with Gasteiger partial charge in [-0.25, -0.2) is 0 Å². The van der Waals surface area contributed by atoms with Gasteiger partial charge in [0.2, 0.25) is 11.8 Å². The number of carbonyl (C=O) groups is 2. The van der Waals surface area contributed by atoms with Gasteiger partial charge in [0.25, 0.3) is 11.4 Å². The van der Waals surface area contributed by atoms with Gasteiger partial charge in [-0.2, -0.15) is 0 Å². The third-order valence-corrected chi connectivity index (χ3v) is 7.85. The molecule has 0 bridgehead atoms. The van der Waals surface area contributed by atoms with Gasteiger partial charge >= 0.3 is 0 Å². The van der Waals surface area contributed by atoms with Crippen molar-refractivity contribution in [3.05, 3.63) is 67.8 Å². The number of fused-ring (bicyclic) bond motifs is 2. The largest absolute Gasteiger partial charge is 0.311 e. The summed E-state index contributed by atoms with van der Waals surface area (Å²) in [7, 11) is 1.80. The minimum Gasteiger partial charge on any atom is -0.311 e. The van der Waals surface area contributed by atoms with Gasteiger partial charge in [-0.15, -0.1) is 35.6 Å². The molecule has 11 nitrogen and oxygen atoms in total. The van der Waals surface area contributed by atoms with Crippen LogP contribution in [0.3, 0.4) is 0 Å². The summed E-state index contributed by atoms with van der Waals surface area (Å²) in [5, 5.41) is 22.4. The maximum atomic E-state index is 13.0. The molecular formula is C25H28Cl3N5O6. The number of non-ortho nitro benzene ring substituents is 2. The number of anilines is 2. The fraction of sp³-hybridized carbons (Fsp3) is 0.440. The number of carbonyl (C=O) groups excluding carboxylic acids is 2. The molecule has 2 aliphatic rings. The Balaban J connectivity index is 0.00000420. The molecule has 2 aliphatic heterocycles. The molecule has 0 aromatic heterocycles.